The maximum atomic E-state index is 14.7. The number of rotatable bonds is 12. The molecule has 0 bridgehead atoms. The van der Waals surface area contributed by atoms with Crippen LogP contribution < -0.4 is 25.9 Å². The van der Waals surface area contributed by atoms with E-state index in [1.807, 2.05) is 23.0 Å². The van der Waals surface area contributed by atoms with E-state index in [2.05, 4.69) is 162 Å². The lowest BCUT2D eigenvalue weighted by atomic mass is 9.69. The number of aromatic nitrogens is 8. The number of carbonyl (C=O) groups excluding carboxylic acids is 2. The Bertz CT molecular complexity index is 4340. The van der Waals surface area contributed by atoms with Crippen LogP contribution in [0.15, 0.2) is 103 Å². The Balaban J connectivity index is 0.000000130. The number of benzene rings is 2. The van der Waals surface area contributed by atoms with Gasteiger partial charge in [0.2, 0.25) is 17.8 Å². The summed E-state index contributed by atoms with van der Waals surface area (Å²) in [4.78, 5) is 64.5. The van der Waals surface area contributed by atoms with E-state index in [9.17, 15) is 18.4 Å². The zero-order valence-electron chi connectivity index (χ0n) is 59.4. The summed E-state index contributed by atoms with van der Waals surface area (Å²) in [7, 11) is -0.391. The Hall–Kier alpha value is -7.24. The zero-order chi connectivity index (χ0) is 69.4. The minimum absolute atomic E-state index is 0.146. The third kappa shape index (κ3) is 12.5. The molecule has 2 amide bonds. The van der Waals surface area contributed by atoms with Crippen molar-refractivity contribution in [1.82, 2.24) is 48.8 Å². The molecule has 0 atom stereocenters. The number of hydrogen-bond acceptors (Lipinski definition) is 14. The lowest BCUT2D eigenvalue weighted by Crippen LogP contribution is -2.57. The summed E-state index contributed by atoms with van der Waals surface area (Å²) in [5, 5.41) is 6.24. The minimum Gasteiger partial charge on any atom is -0.399 e. The van der Waals surface area contributed by atoms with Crippen molar-refractivity contribution in [3.63, 3.8) is 0 Å². The van der Waals surface area contributed by atoms with Crippen molar-refractivity contribution in [2.24, 2.45) is 0 Å². The van der Waals surface area contributed by atoms with E-state index in [0.717, 1.165) is 127 Å². The van der Waals surface area contributed by atoms with Gasteiger partial charge in [-0.1, -0.05) is 75.6 Å². The van der Waals surface area contributed by atoms with E-state index in [1.54, 1.807) is 30.7 Å². The summed E-state index contributed by atoms with van der Waals surface area (Å²) < 4.78 is 45.9. The molecular weight excluding hydrogens is 1330 g/mol. The van der Waals surface area contributed by atoms with Gasteiger partial charge in [0, 0.05) is 65.6 Å². The Labute approximate surface area is 595 Å². The van der Waals surface area contributed by atoms with Gasteiger partial charge in [0.25, 0.3) is 0 Å². The van der Waals surface area contributed by atoms with Gasteiger partial charge in [0.1, 0.15) is 15.6 Å². The zero-order valence-corrected chi connectivity index (χ0v) is 61.0. The van der Waals surface area contributed by atoms with E-state index >= 15 is 0 Å². The average Bonchev–Trinajstić information content (AvgIpc) is 1.56. The van der Waals surface area contributed by atoms with Crippen LogP contribution in [0.4, 0.5) is 43.2 Å². The number of hydrogen-bond donors (Lipinski definition) is 2. The Kier molecular flexibility index (Phi) is 18.9. The smallest absolute Gasteiger partial charge is 0.399 e. The average molecular weight is 1420 g/mol. The number of nitrogens with zero attached hydrogens (tertiary/aromatic N) is 12. The van der Waals surface area contributed by atoms with Crippen LogP contribution in [0.3, 0.4) is 0 Å². The molecule has 4 aliphatic carbocycles. The van der Waals surface area contributed by atoms with Crippen LogP contribution >= 0.6 is 15.9 Å². The maximum Gasteiger partial charge on any atom is 0.494 e. The highest BCUT2D eigenvalue weighted by atomic mass is 79.9. The molecule has 7 fully saturated rings. The van der Waals surface area contributed by atoms with Gasteiger partial charge < -0.3 is 48.7 Å². The number of piperidine rings is 2. The summed E-state index contributed by atoms with van der Waals surface area (Å²) in [6, 6.07) is 24.0. The van der Waals surface area contributed by atoms with Crippen molar-refractivity contribution >= 4 is 96.8 Å². The molecule has 0 radical (unpaired) electrons. The predicted octanol–water partition coefficient (Wildman–Crippen LogP) is 16.1. The molecule has 2 aromatic carbocycles. The second-order valence-electron chi connectivity index (χ2n) is 31.3. The van der Waals surface area contributed by atoms with Crippen LogP contribution in [0.1, 0.15) is 207 Å². The highest BCUT2D eigenvalue weighted by Crippen LogP contribution is 2.55. The molecule has 2 N–H and O–H groups in total. The lowest BCUT2D eigenvalue weighted by molar-refractivity contribution is -0.126. The van der Waals surface area contributed by atoms with Crippen molar-refractivity contribution in [2.75, 3.05) is 46.6 Å². The normalized spacial score (nSPS) is 23.7. The van der Waals surface area contributed by atoms with E-state index < -0.39 is 24.3 Å². The van der Waals surface area contributed by atoms with Crippen LogP contribution in [0.2, 0.25) is 0 Å². The molecule has 22 heteroatoms. The highest BCUT2D eigenvalue weighted by molar-refractivity contribution is 9.10. The number of nitrogens with one attached hydrogen (secondary N) is 2. The van der Waals surface area contributed by atoms with Gasteiger partial charge in [-0.25, -0.2) is 29.3 Å². The molecule has 100 heavy (non-hydrogen) atoms. The first-order valence-electron chi connectivity index (χ1n) is 37.2. The van der Waals surface area contributed by atoms with Gasteiger partial charge in [-0.3, -0.25) is 14.6 Å². The maximum absolute atomic E-state index is 14.7. The molecule has 4 saturated carbocycles. The summed E-state index contributed by atoms with van der Waals surface area (Å²) in [5.74, 6) is 0.752. The van der Waals surface area contributed by atoms with Crippen LogP contribution in [-0.2, 0) is 29.7 Å². The van der Waals surface area contributed by atoms with E-state index in [1.165, 1.54) is 101 Å². The molecule has 18 nitrogen and oxygen atoms in total. The third-order valence-electron chi connectivity index (χ3n) is 24.0. The van der Waals surface area contributed by atoms with Crippen molar-refractivity contribution in [2.45, 2.75) is 242 Å². The van der Waals surface area contributed by atoms with E-state index in [4.69, 9.17) is 19.3 Å². The molecule has 5 aliphatic heterocycles. The van der Waals surface area contributed by atoms with Gasteiger partial charge in [-0.15, -0.1) is 0 Å². The largest absolute Gasteiger partial charge is 0.494 e. The fraction of sp³-hybridized carbons (Fsp3) is 0.538. The monoisotopic (exact) mass is 1420 g/mol. The summed E-state index contributed by atoms with van der Waals surface area (Å²) in [5.41, 5.74) is 9.74. The van der Waals surface area contributed by atoms with Crippen molar-refractivity contribution < 1.29 is 27.7 Å². The quantitative estimate of drug-likeness (QED) is 0.0872. The molecule has 9 aliphatic rings. The van der Waals surface area contributed by atoms with Gasteiger partial charge in [-0.2, -0.15) is 4.39 Å². The molecule has 3 saturated heterocycles. The first-order valence-corrected chi connectivity index (χ1v) is 38.0. The van der Waals surface area contributed by atoms with Crippen LogP contribution in [0.5, 0.6) is 0 Å². The van der Waals surface area contributed by atoms with Gasteiger partial charge in [0.15, 0.2) is 17.5 Å². The van der Waals surface area contributed by atoms with Gasteiger partial charge >= 0.3 is 7.12 Å². The molecule has 6 aromatic heterocycles. The number of imidazole rings is 2. The number of amides is 2. The first-order chi connectivity index (χ1) is 48.2. The number of likely N-dealkylation sites (tertiary alicyclic amines) is 2. The standard InChI is InChI=1S/C36H42FN7O.C28H41BN2O3.C14H13BrFN5/c1-23(2)43-22-39-31-20-30(41-34(33(31)43)40-29-11-14-38-21-28(29)37)24-9-10-27-32(17-24)44(35(45)36(27)12-5-3-6-13-36)26-18-25(19-26)42-15-7-4-8-16-42;1-26(2)27(3,4)34-29(33-26)20-11-12-23-24(17-20)31(25(32)28(23)13-7-5-8-14-28)22-18-21(19-22)30-15-9-6-10-16-30;1-8(2)21-7-18-10-6-11(15)20-14(12(10)21)19-9-4-3-5-17-13(9)16/h9-11,14,17,20-23,25-26H,3-8,12-13,15-16,18-19H2,1-2H3,(H,38,40,41);11-12,17,21-22H,5-10,13-16,18-19H2,1-4H3;3-8H,1-2H3,(H,19,20). The van der Waals surface area contributed by atoms with E-state index in [0.29, 0.717) is 51.9 Å². The first kappa shape index (κ1) is 68.5. The molecule has 526 valence electrons. The molecule has 11 heterocycles. The summed E-state index contributed by atoms with van der Waals surface area (Å²) >= 11 is 3.35. The number of halogens is 3. The third-order valence-corrected chi connectivity index (χ3v) is 24.4. The lowest BCUT2D eigenvalue weighted by Gasteiger charge is -2.48. The van der Waals surface area contributed by atoms with Crippen molar-refractivity contribution in [3.05, 3.63) is 125 Å². The molecule has 8 aromatic rings. The SMILES string of the molecule is CC(C)n1cnc2cc(-c3ccc4c(c3)N(C3CC(N5CCCCC5)C3)C(=O)C43CCCCC3)nc(Nc3ccncc3F)c21.CC(C)n1cnc2cc(Br)nc(Nc3cccnc3F)c21.CC1(C)OB(c2ccc3c(c2)N(C2CC(N4CCCCC4)C2)C(=O)C32CCCCC2)OC1(C)C. The molecule has 17 rings (SSSR count). The fourth-order valence-corrected chi connectivity index (χ4v) is 18.0. The molecular formula is C78H96BBrF2N14O4. The van der Waals surface area contributed by atoms with Crippen LogP contribution in [0.25, 0.3) is 33.3 Å². The number of carbonyl (C=O) groups is 2. The summed E-state index contributed by atoms with van der Waals surface area (Å²) in [6.07, 6.45) is 30.8. The molecule has 2 spiro atoms. The second kappa shape index (κ2) is 27.5. The second-order valence-corrected chi connectivity index (χ2v) is 32.1. The number of fused-ring (bicyclic) bond motifs is 6. The Morgan fingerprint density at radius 3 is 1.59 bits per heavy atom. The minimum atomic E-state index is -0.567. The number of anilines is 6. The Morgan fingerprint density at radius 1 is 0.560 bits per heavy atom. The topological polar surface area (TPSA) is 177 Å². The Morgan fingerprint density at radius 2 is 1.06 bits per heavy atom. The summed E-state index contributed by atoms with van der Waals surface area (Å²) in [6.45, 7) is 21.5. The van der Waals surface area contributed by atoms with Gasteiger partial charge in [-0.05, 0) is 234 Å². The van der Waals surface area contributed by atoms with Crippen LogP contribution in [0, 0.1) is 11.8 Å². The van der Waals surface area contributed by atoms with E-state index in [-0.39, 0.29) is 40.4 Å². The number of pyridine rings is 4. The fourth-order valence-electron chi connectivity index (χ4n) is 17.6. The predicted molar refractivity (Wildman–Crippen MR) is 395 cm³/mol. The molecule has 0 unspecified atom stereocenters. The van der Waals surface area contributed by atoms with Crippen molar-refractivity contribution in [1.29, 1.82) is 0 Å². The van der Waals surface area contributed by atoms with Gasteiger partial charge in [0.05, 0.1) is 69.0 Å². The van der Waals surface area contributed by atoms with Crippen molar-refractivity contribution in [3.8, 4) is 11.3 Å². The van der Waals surface area contributed by atoms with Crippen LogP contribution in [-0.4, -0.2) is 129 Å². The highest BCUT2D eigenvalue weighted by Gasteiger charge is 2.58.